The van der Waals surface area contributed by atoms with Gasteiger partial charge in [-0.25, -0.2) is 0 Å². The summed E-state index contributed by atoms with van der Waals surface area (Å²) < 4.78 is 18.3. The van der Waals surface area contributed by atoms with E-state index in [4.69, 9.17) is 4.74 Å². The SMILES string of the molecule is CC(C)Oc1ccccc1C[S@@](=O)[C@@H](C)C(=O)Nc1ccccc1. The van der Waals surface area contributed by atoms with Crippen molar-refractivity contribution < 1.29 is 13.7 Å². The molecule has 0 unspecified atom stereocenters. The zero-order valence-electron chi connectivity index (χ0n) is 14.2. The zero-order chi connectivity index (χ0) is 17.5. The predicted octanol–water partition coefficient (Wildman–Crippen LogP) is 3.75. The molecule has 0 saturated heterocycles. The predicted molar refractivity (Wildman–Crippen MR) is 98.6 cm³/mol. The third kappa shape index (κ3) is 5.20. The van der Waals surface area contributed by atoms with Crippen molar-refractivity contribution in [3.05, 3.63) is 60.2 Å². The molecule has 1 amide bonds. The first-order chi connectivity index (χ1) is 11.5. The molecule has 2 aromatic carbocycles. The third-order valence-corrected chi connectivity index (χ3v) is 5.04. The highest BCUT2D eigenvalue weighted by atomic mass is 32.2. The van der Waals surface area contributed by atoms with Crippen LogP contribution in [0.3, 0.4) is 0 Å². The number of carbonyl (C=O) groups excluding carboxylic acids is 1. The van der Waals surface area contributed by atoms with Crippen molar-refractivity contribution in [3.63, 3.8) is 0 Å². The summed E-state index contributed by atoms with van der Waals surface area (Å²) in [4.78, 5) is 12.3. The maximum absolute atomic E-state index is 12.6. The molecule has 0 aliphatic rings. The van der Waals surface area contributed by atoms with E-state index in [1.807, 2.05) is 56.3 Å². The first-order valence-corrected chi connectivity index (χ1v) is 9.33. The summed E-state index contributed by atoms with van der Waals surface area (Å²) >= 11 is 0. The number of anilines is 1. The van der Waals surface area contributed by atoms with Crippen molar-refractivity contribution in [1.82, 2.24) is 0 Å². The van der Waals surface area contributed by atoms with Crippen LogP contribution in [0.4, 0.5) is 5.69 Å². The number of rotatable bonds is 7. The fourth-order valence-corrected chi connectivity index (χ4v) is 3.25. The van der Waals surface area contributed by atoms with E-state index in [2.05, 4.69) is 5.32 Å². The van der Waals surface area contributed by atoms with Crippen molar-refractivity contribution in [3.8, 4) is 5.75 Å². The molecule has 0 aromatic heterocycles. The quantitative estimate of drug-likeness (QED) is 0.831. The minimum atomic E-state index is -1.34. The van der Waals surface area contributed by atoms with E-state index >= 15 is 0 Å². The molecule has 2 atom stereocenters. The summed E-state index contributed by atoms with van der Waals surface area (Å²) in [7, 11) is -1.34. The molecule has 0 radical (unpaired) electrons. The monoisotopic (exact) mass is 345 g/mol. The lowest BCUT2D eigenvalue weighted by atomic mass is 10.2. The van der Waals surface area contributed by atoms with Gasteiger partial charge in [0, 0.05) is 22.1 Å². The Balaban J connectivity index is 2.02. The van der Waals surface area contributed by atoms with Crippen LogP contribution in [-0.4, -0.2) is 21.5 Å². The second-order valence-electron chi connectivity index (χ2n) is 5.80. The van der Waals surface area contributed by atoms with E-state index < -0.39 is 16.0 Å². The third-order valence-electron chi connectivity index (χ3n) is 3.44. The average Bonchev–Trinajstić information content (AvgIpc) is 2.56. The molecule has 5 heteroatoms. The molecule has 2 rings (SSSR count). The summed E-state index contributed by atoms with van der Waals surface area (Å²) in [6, 6.07) is 16.7. The Morgan fingerprint density at radius 1 is 1.04 bits per heavy atom. The number of para-hydroxylation sites is 2. The van der Waals surface area contributed by atoms with Crippen molar-refractivity contribution in [2.45, 2.75) is 37.9 Å². The molecular formula is C19H23NO3S. The molecule has 0 spiro atoms. The number of hydrogen-bond donors (Lipinski definition) is 1. The molecule has 0 saturated carbocycles. The summed E-state index contributed by atoms with van der Waals surface area (Å²) in [6.07, 6.45) is 0.0402. The van der Waals surface area contributed by atoms with Crippen LogP contribution in [0.2, 0.25) is 0 Å². The number of nitrogens with one attached hydrogen (secondary N) is 1. The fourth-order valence-electron chi connectivity index (χ4n) is 2.16. The van der Waals surface area contributed by atoms with Crippen LogP contribution in [0.15, 0.2) is 54.6 Å². The summed E-state index contributed by atoms with van der Waals surface area (Å²) in [5.74, 6) is 0.755. The minimum Gasteiger partial charge on any atom is -0.491 e. The van der Waals surface area contributed by atoms with Crippen LogP contribution in [0.1, 0.15) is 26.3 Å². The minimum absolute atomic E-state index is 0.0402. The number of carbonyl (C=O) groups is 1. The van der Waals surface area contributed by atoms with Crippen molar-refractivity contribution >= 4 is 22.4 Å². The van der Waals surface area contributed by atoms with Crippen LogP contribution < -0.4 is 10.1 Å². The van der Waals surface area contributed by atoms with E-state index in [9.17, 15) is 9.00 Å². The van der Waals surface area contributed by atoms with Gasteiger partial charge in [-0.1, -0.05) is 36.4 Å². The van der Waals surface area contributed by atoms with Gasteiger partial charge in [-0.05, 0) is 39.0 Å². The molecule has 0 bridgehead atoms. The van der Waals surface area contributed by atoms with E-state index in [1.165, 1.54) is 0 Å². The normalized spacial score (nSPS) is 13.3. The second kappa shape index (κ2) is 8.64. The zero-order valence-corrected chi connectivity index (χ0v) is 15.0. The molecule has 0 aliphatic carbocycles. The van der Waals surface area contributed by atoms with Crippen molar-refractivity contribution in [1.29, 1.82) is 0 Å². The molecule has 4 nitrogen and oxygen atoms in total. The Morgan fingerprint density at radius 2 is 1.67 bits per heavy atom. The first-order valence-electron chi connectivity index (χ1n) is 7.95. The second-order valence-corrected chi connectivity index (χ2v) is 7.55. The molecule has 128 valence electrons. The van der Waals surface area contributed by atoms with E-state index in [0.717, 1.165) is 11.3 Å². The molecule has 0 aliphatic heterocycles. The Labute approximate surface area is 145 Å². The van der Waals surface area contributed by atoms with Gasteiger partial charge in [0.25, 0.3) is 0 Å². The summed E-state index contributed by atoms with van der Waals surface area (Å²) in [5, 5.41) is 2.18. The number of benzene rings is 2. The lowest BCUT2D eigenvalue weighted by Crippen LogP contribution is -2.29. The lowest BCUT2D eigenvalue weighted by Gasteiger charge is -2.16. The van der Waals surface area contributed by atoms with E-state index in [0.29, 0.717) is 5.69 Å². The molecule has 1 N–H and O–H groups in total. The molecule has 0 fully saturated rings. The Hall–Kier alpha value is -2.14. The van der Waals surface area contributed by atoms with Crippen LogP contribution in [-0.2, 0) is 21.3 Å². The van der Waals surface area contributed by atoms with Gasteiger partial charge in [0.2, 0.25) is 5.91 Å². The van der Waals surface area contributed by atoms with Crippen molar-refractivity contribution in [2.24, 2.45) is 0 Å². The number of hydrogen-bond acceptors (Lipinski definition) is 3. The molecular weight excluding hydrogens is 322 g/mol. The van der Waals surface area contributed by atoms with Gasteiger partial charge in [0.1, 0.15) is 11.0 Å². The van der Waals surface area contributed by atoms with Gasteiger partial charge >= 0.3 is 0 Å². The summed E-state index contributed by atoms with van der Waals surface area (Å²) in [5.41, 5.74) is 1.55. The van der Waals surface area contributed by atoms with Gasteiger partial charge in [-0.2, -0.15) is 0 Å². The van der Waals surface area contributed by atoms with Gasteiger partial charge < -0.3 is 10.1 Å². The maximum Gasteiger partial charge on any atom is 0.239 e. The van der Waals surface area contributed by atoms with Crippen molar-refractivity contribution in [2.75, 3.05) is 5.32 Å². The fraction of sp³-hybridized carbons (Fsp3) is 0.316. The Kier molecular flexibility index (Phi) is 6.55. The topological polar surface area (TPSA) is 55.4 Å². The lowest BCUT2D eigenvalue weighted by molar-refractivity contribution is -0.115. The van der Waals surface area contributed by atoms with Crippen LogP contribution in [0.25, 0.3) is 0 Å². The van der Waals surface area contributed by atoms with Crippen LogP contribution in [0.5, 0.6) is 5.75 Å². The van der Waals surface area contributed by atoms with E-state index in [-0.39, 0.29) is 17.8 Å². The van der Waals surface area contributed by atoms with Crippen LogP contribution >= 0.6 is 0 Å². The average molecular weight is 345 g/mol. The van der Waals surface area contributed by atoms with Crippen LogP contribution in [0, 0.1) is 0 Å². The van der Waals surface area contributed by atoms with Gasteiger partial charge in [-0.3, -0.25) is 9.00 Å². The number of ether oxygens (including phenoxy) is 1. The highest BCUT2D eigenvalue weighted by Crippen LogP contribution is 2.22. The maximum atomic E-state index is 12.6. The molecule has 2 aromatic rings. The highest BCUT2D eigenvalue weighted by molar-refractivity contribution is 7.85. The first kappa shape index (κ1) is 18.2. The molecule has 24 heavy (non-hydrogen) atoms. The highest BCUT2D eigenvalue weighted by Gasteiger charge is 2.21. The largest absolute Gasteiger partial charge is 0.491 e. The Bertz CT molecular complexity index is 701. The standard InChI is InChI=1S/C19H23NO3S/c1-14(2)23-18-12-8-7-9-16(18)13-24(22)15(3)19(21)20-17-10-5-4-6-11-17/h4-12,14-15H,13H2,1-3H3,(H,20,21)/t15-,24+/m0/s1. The van der Waals surface area contributed by atoms with E-state index in [1.54, 1.807) is 19.1 Å². The van der Waals surface area contributed by atoms with Gasteiger partial charge in [-0.15, -0.1) is 0 Å². The smallest absolute Gasteiger partial charge is 0.239 e. The summed E-state index contributed by atoms with van der Waals surface area (Å²) in [6.45, 7) is 5.58. The molecule has 0 heterocycles. The van der Waals surface area contributed by atoms with Gasteiger partial charge in [0.15, 0.2) is 0 Å². The number of amides is 1. The van der Waals surface area contributed by atoms with Gasteiger partial charge in [0.05, 0.1) is 11.9 Å². The Morgan fingerprint density at radius 3 is 2.33 bits per heavy atom.